The molecule has 1 aromatic heterocycles. The van der Waals surface area contributed by atoms with Crippen molar-refractivity contribution < 1.29 is 0 Å². The molecule has 0 atom stereocenters. The van der Waals surface area contributed by atoms with Crippen molar-refractivity contribution in [3.05, 3.63) is 47.8 Å². The van der Waals surface area contributed by atoms with Gasteiger partial charge in [0.15, 0.2) is 0 Å². The molecule has 1 aromatic carbocycles. The molecular weight excluding hydrogens is 246 g/mol. The lowest BCUT2D eigenvalue weighted by Crippen LogP contribution is -2.06. The molecule has 0 unspecified atom stereocenters. The Morgan fingerprint density at radius 3 is 2.56 bits per heavy atom. The summed E-state index contributed by atoms with van der Waals surface area (Å²) in [5.74, 6) is 0. The number of anilines is 1. The van der Waals surface area contributed by atoms with Crippen molar-refractivity contribution in [3.63, 3.8) is 0 Å². The zero-order chi connectivity index (χ0) is 12.1. The third kappa shape index (κ3) is 3.50. The van der Waals surface area contributed by atoms with Gasteiger partial charge in [-0.25, -0.2) is 0 Å². The number of nitrogens with one attached hydrogen (secondary N) is 1. The molecule has 1 heterocycles. The first kappa shape index (κ1) is 14.6. The Balaban J connectivity index is 0.00000162. The van der Waals surface area contributed by atoms with Crippen LogP contribution < -0.4 is 5.32 Å². The van der Waals surface area contributed by atoms with Crippen molar-refractivity contribution in [1.82, 2.24) is 9.78 Å². The van der Waals surface area contributed by atoms with Crippen molar-refractivity contribution in [3.8, 4) is 0 Å². The van der Waals surface area contributed by atoms with Crippen LogP contribution in [-0.4, -0.2) is 16.3 Å². The van der Waals surface area contributed by atoms with E-state index in [2.05, 4.69) is 48.5 Å². The van der Waals surface area contributed by atoms with Crippen LogP contribution >= 0.6 is 12.4 Å². The maximum Gasteiger partial charge on any atom is 0.0756 e. The van der Waals surface area contributed by atoms with E-state index in [9.17, 15) is 0 Å². The van der Waals surface area contributed by atoms with Crippen LogP contribution in [0.15, 0.2) is 36.5 Å². The van der Waals surface area contributed by atoms with Gasteiger partial charge >= 0.3 is 0 Å². The van der Waals surface area contributed by atoms with Gasteiger partial charge in [-0.15, -0.1) is 12.4 Å². The van der Waals surface area contributed by atoms with Gasteiger partial charge in [-0.2, -0.15) is 5.10 Å². The second-order valence-electron chi connectivity index (χ2n) is 4.12. The molecule has 0 radical (unpaired) electrons. The quantitative estimate of drug-likeness (QED) is 0.899. The van der Waals surface area contributed by atoms with Crippen LogP contribution in [0.1, 0.15) is 18.2 Å². The molecule has 0 aliphatic rings. The van der Waals surface area contributed by atoms with Crippen LogP contribution in [0.25, 0.3) is 0 Å². The van der Waals surface area contributed by atoms with Crippen molar-refractivity contribution >= 4 is 18.1 Å². The van der Waals surface area contributed by atoms with Crippen LogP contribution in [0.3, 0.4) is 0 Å². The highest BCUT2D eigenvalue weighted by Crippen LogP contribution is 2.13. The van der Waals surface area contributed by atoms with Crippen molar-refractivity contribution in [2.45, 2.75) is 26.8 Å². The lowest BCUT2D eigenvalue weighted by atomic mass is 10.1. The van der Waals surface area contributed by atoms with Gasteiger partial charge in [0.05, 0.1) is 17.6 Å². The van der Waals surface area contributed by atoms with Crippen LogP contribution in [0, 0.1) is 6.92 Å². The summed E-state index contributed by atoms with van der Waals surface area (Å²) in [6.07, 6.45) is 2.95. The minimum Gasteiger partial charge on any atom is -0.382 e. The number of benzene rings is 1. The van der Waals surface area contributed by atoms with E-state index in [-0.39, 0.29) is 12.4 Å². The molecule has 1 N–H and O–H groups in total. The SMILES string of the molecule is CCn1ncc(NCCc2ccccc2)c1C.Cl. The lowest BCUT2D eigenvalue weighted by Gasteiger charge is -2.06. The minimum absolute atomic E-state index is 0. The van der Waals surface area contributed by atoms with E-state index in [4.69, 9.17) is 0 Å². The standard InChI is InChI=1S/C14H19N3.ClH/c1-3-17-12(2)14(11-16-17)15-10-9-13-7-5-4-6-8-13;/h4-8,11,15H,3,9-10H2,1-2H3;1H. The molecule has 0 saturated heterocycles. The van der Waals surface area contributed by atoms with E-state index in [1.807, 2.05) is 16.9 Å². The monoisotopic (exact) mass is 265 g/mol. The number of rotatable bonds is 5. The lowest BCUT2D eigenvalue weighted by molar-refractivity contribution is 0.640. The van der Waals surface area contributed by atoms with Gasteiger partial charge in [0.25, 0.3) is 0 Å². The summed E-state index contributed by atoms with van der Waals surface area (Å²) in [5.41, 5.74) is 3.71. The van der Waals surface area contributed by atoms with Gasteiger partial charge < -0.3 is 5.32 Å². The fourth-order valence-electron chi connectivity index (χ4n) is 1.93. The minimum atomic E-state index is 0. The maximum atomic E-state index is 4.31. The van der Waals surface area contributed by atoms with Gasteiger partial charge in [0, 0.05) is 13.1 Å². The topological polar surface area (TPSA) is 29.9 Å². The number of nitrogens with zero attached hydrogens (tertiary/aromatic N) is 2. The molecule has 0 amide bonds. The molecule has 0 fully saturated rings. The van der Waals surface area contributed by atoms with E-state index in [1.165, 1.54) is 11.3 Å². The van der Waals surface area contributed by atoms with Crippen molar-refractivity contribution in [2.75, 3.05) is 11.9 Å². The molecular formula is C14H20ClN3. The van der Waals surface area contributed by atoms with Gasteiger partial charge in [-0.1, -0.05) is 30.3 Å². The maximum absolute atomic E-state index is 4.31. The molecule has 0 bridgehead atoms. The third-order valence-corrected chi connectivity index (χ3v) is 2.97. The number of hydrogen-bond donors (Lipinski definition) is 1. The van der Waals surface area contributed by atoms with Crippen LogP contribution in [0.5, 0.6) is 0 Å². The first-order chi connectivity index (χ1) is 8.31. The van der Waals surface area contributed by atoms with Crippen LogP contribution in [0.4, 0.5) is 5.69 Å². The normalized spacial score (nSPS) is 9.89. The second kappa shape index (κ2) is 7.07. The number of aryl methyl sites for hydroxylation is 1. The predicted molar refractivity (Wildman–Crippen MR) is 78.5 cm³/mol. The molecule has 98 valence electrons. The Labute approximate surface area is 115 Å². The Kier molecular flexibility index (Phi) is 5.72. The summed E-state index contributed by atoms with van der Waals surface area (Å²) in [6, 6.07) is 10.5. The molecule has 2 rings (SSSR count). The number of hydrogen-bond acceptors (Lipinski definition) is 2. The van der Waals surface area contributed by atoms with E-state index >= 15 is 0 Å². The second-order valence-corrected chi connectivity index (χ2v) is 4.12. The number of aromatic nitrogens is 2. The average molecular weight is 266 g/mol. The molecule has 4 heteroatoms. The zero-order valence-corrected chi connectivity index (χ0v) is 11.7. The molecule has 0 aliphatic carbocycles. The predicted octanol–water partition coefficient (Wildman–Crippen LogP) is 3.29. The first-order valence-electron chi connectivity index (χ1n) is 6.11. The Morgan fingerprint density at radius 2 is 1.94 bits per heavy atom. The summed E-state index contributed by atoms with van der Waals surface area (Å²) in [4.78, 5) is 0. The van der Waals surface area contributed by atoms with E-state index < -0.39 is 0 Å². The fourth-order valence-corrected chi connectivity index (χ4v) is 1.93. The van der Waals surface area contributed by atoms with Crippen molar-refractivity contribution in [2.24, 2.45) is 0 Å². The Morgan fingerprint density at radius 1 is 1.22 bits per heavy atom. The van der Waals surface area contributed by atoms with Gasteiger partial charge in [-0.3, -0.25) is 4.68 Å². The average Bonchev–Trinajstić information content (AvgIpc) is 2.72. The summed E-state index contributed by atoms with van der Waals surface area (Å²) in [6.45, 7) is 6.07. The molecule has 0 spiro atoms. The van der Waals surface area contributed by atoms with Gasteiger partial charge in [-0.05, 0) is 25.8 Å². The molecule has 18 heavy (non-hydrogen) atoms. The smallest absolute Gasteiger partial charge is 0.0756 e. The fraction of sp³-hybridized carbons (Fsp3) is 0.357. The first-order valence-corrected chi connectivity index (χ1v) is 6.11. The Bertz CT molecular complexity index is 465. The highest BCUT2D eigenvalue weighted by molar-refractivity contribution is 5.85. The van der Waals surface area contributed by atoms with Gasteiger partial charge in [0.1, 0.15) is 0 Å². The van der Waals surface area contributed by atoms with E-state index in [0.717, 1.165) is 25.2 Å². The van der Waals surface area contributed by atoms with Crippen molar-refractivity contribution in [1.29, 1.82) is 0 Å². The van der Waals surface area contributed by atoms with E-state index in [1.54, 1.807) is 0 Å². The largest absolute Gasteiger partial charge is 0.382 e. The van der Waals surface area contributed by atoms with Gasteiger partial charge in [0.2, 0.25) is 0 Å². The zero-order valence-electron chi connectivity index (χ0n) is 10.9. The van der Waals surface area contributed by atoms with Crippen LogP contribution in [-0.2, 0) is 13.0 Å². The summed E-state index contributed by atoms with van der Waals surface area (Å²) in [5, 5.41) is 7.75. The molecule has 0 saturated carbocycles. The molecule has 2 aromatic rings. The van der Waals surface area contributed by atoms with E-state index in [0.29, 0.717) is 0 Å². The summed E-state index contributed by atoms with van der Waals surface area (Å²) < 4.78 is 2.00. The Hall–Kier alpha value is -1.48. The molecule has 0 aliphatic heterocycles. The molecule has 3 nitrogen and oxygen atoms in total. The third-order valence-electron chi connectivity index (χ3n) is 2.97. The highest BCUT2D eigenvalue weighted by atomic mass is 35.5. The summed E-state index contributed by atoms with van der Waals surface area (Å²) in [7, 11) is 0. The summed E-state index contributed by atoms with van der Waals surface area (Å²) >= 11 is 0. The highest BCUT2D eigenvalue weighted by Gasteiger charge is 2.03. The van der Waals surface area contributed by atoms with Crippen LogP contribution in [0.2, 0.25) is 0 Å². The number of halogens is 1.